The minimum atomic E-state index is -0.175. The van der Waals surface area contributed by atoms with Crippen LogP contribution in [0.2, 0.25) is 0 Å². The number of fused-ring (bicyclic) bond motifs is 1. The Hall–Kier alpha value is -2.90. The molecule has 0 bridgehead atoms. The minimum absolute atomic E-state index is 0.175. The van der Waals surface area contributed by atoms with E-state index < -0.39 is 0 Å². The van der Waals surface area contributed by atoms with Crippen LogP contribution in [0, 0.1) is 13.8 Å². The van der Waals surface area contributed by atoms with Gasteiger partial charge < -0.3 is 24.1 Å². The van der Waals surface area contributed by atoms with Gasteiger partial charge in [0.15, 0.2) is 0 Å². The van der Waals surface area contributed by atoms with Gasteiger partial charge in [-0.25, -0.2) is 0 Å². The molecule has 1 amide bonds. The van der Waals surface area contributed by atoms with E-state index in [4.69, 9.17) is 18.7 Å². The Kier molecular flexibility index (Phi) is 7.82. The highest BCUT2D eigenvalue weighted by atomic mass is 16.5. The molecule has 3 rings (SSSR count). The summed E-state index contributed by atoms with van der Waals surface area (Å²) in [6.45, 7) is 6.20. The summed E-state index contributed by atoms with van der Waals surface area (Å²) < 4.78 is 21.6. The fraction of sp³-hybridized carbons (Fsp3) is 0.391. The van der Waals surface area contributed by atoms with Gasteiger partial charge in [0.1, 0.15) is 18.1 Å². The van der Waals surface area contributed by atoms with Gasteiger partial charge >= 0.3 is 0 Å². The SMILES string of the molecule is COCCOCCCNC(=O)c1cc2ccccc2cc1OCc1c(C)noc1C. The van der Waals surface area contributed by atoms with Crippen LogP contribution in [0.25, 0.3) is 10.8 Å². The third-order valence-electron chi connectivity index (χ3n) is 4.83. The standard InChI is InChI=1S/C23H28N2O5/c1-16-21(17(2)30-25-16)15-29-22-14-19-8-5-4-7-18(19)13-20(22)23(26)24-9-6-10-28-12-11-27-3/h4-5,7-8,13-14H,6,9-12,15H2,1-3H3,(H,24,26). The predicted octanol–water partition coefficient (Wildman–Crippen LogP) is 3.81. The number of ether oxygens (including phenoxy) is 3. The fourth-order valence-electron chi connectivity index (χ4n) is 3.09. The number of aryl methyl sites for hydroxylation is 2. The number of aromatic nitrogens is 1. The van der Waals surface area contributed by atoms with Crippen LogP contribution < -0.4 is 10.1 Å². The van der Waals surface area contributed by atoms with Crippen molar-refractivity contribution >= 4 is 16.7 Å². The van der Waals surface area contributed by atoms with E-state index in [1.165, 1.54) is 0 Å². The zero-order valence-electron chi connectivity index (χ0n) is 17.7. The van der Waals surface area contributed by atoms with Gasteiger partial charge in [0.25, 0.3) is 5.91 Å². The number of nitrogens with one attached hydrogen (secondary N) is 1. The highest BCUT2D eigenvalue weighted by molar-refractivity contribution is 6.01. The first-order valence-electron chi connectivity index (χ1n) is 10.0. The fourth-order valence-corrected chi connectivity index (χ4v) is 3.09. The second-order valence-electron chi connectivity index (χ2n) is 7.00. The monoisotopic (exact) mass is 412 g/mol. The van der Waals surface area contributed by atoms with E-state index >= 15 is 0 Å². The lowest BCUT2D eigenvalue weighted by atomic mass is 10.1. The second kappa shape index (κ2) is 10.8. The molecule has 3 aromatic rings. The number of rotatable bonds is 11. The Bertz CT molecular complexity index is 963. The number of amides is 1. The summed E-state index contributed by atoms with van der Waals surface area (Å²) in [5.74, 6) is 1.07. The number of benzene rings is 2. The highest BCUT2D eigenvalue weighted by Crippen LogP contribution is 2.27. The van der Waals surface area contributed by atoms with E-state index in [0.29, 0.717) is 43.4 Å². The molecule has 7 nitrogen and oxygen atoms in total. The van der Waals surface area contributed by atoms with Crippen molar-refractivity contribution in [1.29, 1.82) is 0 Å². The van der Waals surface area contributed by atoms with Crippen molar-refractivity contribution in [3.8, 4) is 5.75 Å². The molecule has 1 aromatic heterocycles. The first kappa shape index (κ1) is 21.8. The molecule has 0 saturated heterocycles. The summed E-state index contributed by atoms with van der Waals surface area (Å²) in [4.78, 5) is 12.9. The number of hydrogen-bond donors (Lipinski definition) is 1. The molecule has 160 valence electrons. The summed E-state index contributed by atoms with van der Waals surface area (Å²) in [6, 6.07) is 11.7. The van der Waals surface area contributed by atoms with Crippen LogP contribution in [0.3, 0.4) is 0 Å². The lowest BCUT2D eigenvalue weighted by Crippen LogP contribution is -2.26. The first-order chi connectivity index (χ1) is 14.6. The van der Waals surface area contributed by atoms with Gasteiger partial charge in [-0.2, -0.15) is 0 Å². The first-order valence-corrected chi connectivity index (χ1v) is 10.0. The van der Waals surface area contributed by atoms with Gasteiger partial charge in [0, 0.05) is 20.3 Å². The number of carbonyl (C=O) groups excluding carboxylic acids is 1. The maximum atomic E-state index is 12.9. The zero-order chi connectivity index (χ0) is 21.3. The molecule has 0 aliphatic rings. The predicted molar refractivity (Wildman–Crippen MR) is 114 cm³/mol. The minimum Gasteiger partial charge on any atom is -0.488 e. The normalized spacial score (nSPS) is 11.0. The quantitative estimate of drug-likeness (QED) is 0.482. The zero-order valence-corrected chi connectivity index (χ0v) is 17.7. The Morgan fingerprint density at radius 2 is 1.87 bits per heavy atom. The van der Waals surface area contributed by atoms with Crippen LogP contribution in [0.5, 0.6) is 5.75 Å². The number of nitrogens with zero attached hydrogens (tertiary/aromatic N) is 1. The topological polar surface area (TPSA) is 82.8 Å². The lowest BCUT2D eigenvalue weighted by Gasteiger charge is -2.13. The highest BCUT2D eigenvalue weighted by Gasteiger charge is 2.16. The number of carbonyl (C=O) groups is 1. The summed E-state index contributed by atoms with van der Waals surface area (Å²) in [6.07, 6.45) is 0.721. The van der Waals surface area contributed by atoms with Crippen molar-refractivity contribution in [1.82, 2.24) is 10.5 Å². The lowest BCUT2D eigenvalue weighted by molar-refractivity contribution is 0.0688. The molecule has 0 radical (unpaired) electrons. The molecule has 2 aromatic carbocycles. The van der Waals surface area contributed by atoms with Crippen molar-refractivity contribution in [3.63, 3.8) is 0 Å². The Balaban J connectivity index is 1.70. The van der Waals surface area contributed by atoms with Gasteiger partial charge in [-0.15, -0.1) is 0 Å². The molecule has 7 heteroatoms. The Labute approximate surface area is 176 Å². The molecular weight excluding hydrogens is 384 g/mol. The van der Waals surface area contributed by atoms with E-state index in [2.05, 4.69) is 10.5 Å². The summed E-state index contributed by atoms with van der Waals surface area (Å²) >= 11 is 0. The Morgan fingerprint density at radius 3 is 2.57 bits per heavy atom. The van der Waals surface area contributed by atoms with Gasteiger partial charge in [-0.05, 0) is 43.2 Å². The maximum absolute atomic E-state index is 12.9. The molecule has 30 heavy (non-hydrogen) atoms. The van der Waals surface area contributed by atoms with Crippen molar-refractivity contribution < 1.29 is 23.5 Å². The summed E-state index contributed by atoms with van der Waals surface area (Å²) in [7, 11) is 1.64. The molecular formula is C23H28N2O5. The Morgan fingerprint density at radius 1 is 1.10 bits per heavy atom. The van der Waals surface area contributed by atoms with Crippen LogP contribution in [0.15, 0.2) is 40.9 Å². The third kappa shape index (κ3) is 5.58. The molecule has 1 heterocycles. The molecule has 0 unspecified atom stereocenters. The van der Waals surface area contributed by atoms with Crippen molar-refractivity contribution in [3.05, 3.63) is 59.0 Å². The molecule has 0 atom stereocenters. The largest absolute Gasteiger partial charge is 0.488 e. The molecule has 0 fully saturated rings. The van der Waals surface area contributed by atoms with Crippen LogP contribution in [0.4, 0.5) is 0 Å². The average molecular weight is 412 g/mol. The van der Waals surface area contributed by atoms with E-state index in [0.717, 1.165) is 28.5 Å². The molecule has 1 N–H and O–H groups in total. The van der Waals surface area contributed by atoms with Gasteiger partial charge in [0.05, 0.1) is 30.0 Å². The average Bonchev–Trinajstić information content (AvgIpc) is 3.08. The van der Waals surface area contributed by atoms with E-state index in [-0.39, 0.29) is 12.5 Å². The molecule has 0 aliphatic heterocycles. The number of methoxy groups -OCH3 is 1. The van der Waals surface area contributed by atoms with Crippen LogP contribution >= 0.6 is 0 Å². The van der Waals surface area contributed by atoms with Gasteiger partial charge in [-0.1, -0.05) is 29.4 Å². The van der Waals surface area contributed by atoms with Crippen LogP contribution in [-0.2, 0) is 16.1 Å². The van der Waals surface area contributed by atoms with E-state index in [1.807, 2.05) is 50.2 Å². The maximum Gasteiger partial charge on any atom is 0.255 e. The summed E-state index contributed by atoms with van der Waals surface area (Å²) in [5, 5.41) is 8.90. The van der Waals surface area contributed by atoms with Gasteiger partial charge in [-0.3, -0.25) is 4.79 Å². The van der Waals surface area contributed by atoms with E-state index in [9.17, 15) is 4.79 Å². The smallest absolute Gasteiger partial charge is 0.255 e. The molecule has 0 aliphatic carbocycles. The van der Waals surface area contributed by atoms with Gasteiger partial charge in [0.2, 0.25) is 0 Å². The van der Waals surface area contributed by atoms with E-state index in [1.54, 1.807) is 7.11 Å². The van der Waals surface area contributed by atoms with Crippen molar-refractivity contribution in [2.45, 2.75) is 26.9 Å². The summed E-state index contributed by atoms with van der Waals surface area (Å²) in [5.41, 5.74) is 2.18. The van der Waals surface area contributed by atoms with Crippen LogP contribution in [-0.4, -0.2) is 44.5 Å². The van der Waals surface area contributed by atoms with Crippen LogP contribution in [0.1, 0.15) is 33.8 Å². The molecule has 0 saturated carbocycles. The number of hydrogen-bond acceptors (Lipinski definition) is 6. The third-order valence-corrected chi connectivity index (χ3v) is 4.83. The van der Waals surface area contributed by atoms with Crippen molar-refractivity contribution in [2.24, 2.45) is 0 Å². The molecule has 0 spiro atoms. The van der Waals surface area contributed by atoms with Crippen molar-refractivity contribution in [2.75, 3.05) is 33.5 Å². The second-order valence-corrected chi connectivity index (χ2v) is 7.00.